The topological polar surface area (TPSA) is 155 Å². The number of guanidine groups is 1. The lowest BCUT2D eigenvalue weighted by molar-refractivity contribution is -0.124. The molecule has 3 atom stereocenters. The number of carbonyl (C=O) groups excluding carboxylic acids is 3. The van der Waals surface area contributed by atoms with Crippen LogP contribution in [0, 0.1) is 0 Å². The summed E-state index contributed by atoms with van der Waals surface area (Å²) in [6.45, 7) is 6.47. The number of hydrogen-bond donors (Lipinski definition) is 4. The number of aliphatic imine (C=N–C) groups is 1. The van der Waals surface area contributed by atoms with E-state index < -0.39 is 23.6 Å². The minimum atomic E-state index is -0.844. The van der Waals surface area contributed by atoms with E-state index in [1.807, 2.05) is 76.5 Å². The zero-order valence-electron chi connectivity index (χ0n) is 30.8. The van der Waals surface area contributed by atoms with Crippen LogP contribution in [0.4, 0.5) is 4.79 Å². The van der Waals surface area contributed by atoms with E-state index in [1.54, 1.807) is 31.3 Å². The maximum absolute atomic E-state index is 13.9. The zero-order chi connectivity index (χ0) is 37.4. The van der Waals surface area contributed by atoms with E-state index in [1.165, 1.54) is 4.90 Å². The van der Waals surface area contributed by atoms with Gasteiger partial charge >= 0.3 is 6.09 Å². The molecule has 3 rings (SSSR count). The van der Waals surface area contributed by atoms with Gasteiger partial charge in [-0.1, -0.05) is 85.8 Å². The van der Waals surface area contributed by atoms with Crippen molar-refractivity contribution in [2.75, 3.05) is 34.2 Å². The number of nitrogens with zero attached hydrogens (tertiary/aromatic N) is 3. The third-order valence-corrected chi connectivity index (χ3v) is 9.14. The van der Waals surface area contributed by atoms with Crippen LogP contribution >= 0.6 is 0 Å². The van der Waals surface area contributed by atoms with Gasteiger partial charge in [-0.25, -0.2) is 4.79 Å². The number of benzene rings is 3. The Bertz CT molecular complexity index is 1550. The van der Waals surface area contributed by atoms with Gasteiger partial charge in [0.1, 0.15) is 11.8 Å². The van der Waals surface area contributed by atoms with E-state index >= 15 is 0 Å². The van der Waals surface area contributed by atoms with Gasteiger partial charge < -0.3 is 36.6 Å². The average molecular weight is 698 g/mol. The molecule has 6 N–H and O–H groups in total. The van der Waals surface area contributed by atoms with E-state index in [-0.39, 0.29) is 30.4 Å². The molecule has 51 heavy (non-hydrogen) atoms. The Balaban J connectivity index is 1.83. The molecule has 0 saturated carbocycles. The molecule has 0 radical (unpaired) electrons. The number of carbonyl (C=O) groups is 3. The Hall–Kier alpha value is -5.16. The van der Waals surface area contributed by atoms with Gasteiger partial charge in [0.15, 0.2) is 5.96 Å². The molecular weight excluding hydrogens is 642 g/mol. The van der Waals surface area contributed by atoms with Crippen LogP contribution in [-0.4, -0.2) is 86.0 Å². The second-order valence-electron chi connectivity index (χ2n) is 13.0. The molecule has 3 aromatic carbocycles. The maximum Gasteiger partial charge on any atom is 0.414 e. The summed E-state index contributed by atoms with van der Waals surface area (Å²) in [6, 6.07) is 27.8. The minimum absolute atomic E-state index is 0.0386. The second kappa shape index (κ2) is 19.9. The lowest BCUT2D eigenvalue weighted by Gasteiger charge is -2.40. The van der Waals surface area contributed by atoms with Crippen molar-refractivity contribution in [3.8, 4) is 0 Å². The first kappa shape index (κ1) is 40.3. The molecular formula is C40H55N7O4. The van der Waals surface area contributed by atoms with E-state index in [0.717, 1.165) is 11.1 Å². The molecule has 0 heterocycles. The van der Waals surface area contributed by atoms with Crippen LogP contribution < -0.4 is 22.1 Å². The van der Waals surface area contributed by atoms with Crippen LogP contribution in [-0.2, 0) is 14.9 Å². The van der Waals surface area contributed by atoms with Gasteiger partial charge in [-0.2, -0.15) is 0 Å². The monoisotopic (exact) mass is 697 g/mol. The predicted octanol–water partition coefficient (Wildman–Crippen LogP) is 5.03. The molecule has 3 aromatic rings. The Morgan fingerprint density at radius 1 is 0.882 bits per heavy atom. The third-order valence-electron chi connectivity index (χ3n) is 9.14. The van der Waals surface area contributed by atoms with Gasteiger partial charge in [0.05, 0.1) is 5.41 Å². The highest BCUT2D eigenvalue weighted by atomic mass is 16.6. The van der Waals surface area contributed by atoms with E-state index in [0.29, 0.717) is 43.6 Å². The van der Waals surface area contributed by atoms with Crippen LogP contribution in [0.3, 0.4) is 0 Å². The van der Waals surface area contributed by atoms with Gasteiger partial charge in [-0.3, -0.25) is 14.6 Å². The first-order valence-corrected chi connectivity index (χ1v) is 17.5. The predicted molar refractivity (Wildman–Crippen MR) is 204 cm³/mol. The summed E-state index contributed by atoms with van der Waals surface area (Å²) in [5.74, 6) is -0.249. The van der Waals surface area contributed by atoms with Crippen LogP contribution in [0.5, 0.6) is 0 Å². The molecule has 274 valence electrons. The fourth-order valence-electron chi connectivity index (χ4n) is 6.01. The first-order chi connectivity index (χ1) is 24.4. The number of nitrogens with two attached hydrogens (primary N) is 2. The van der Waals surface area contributed by atoms with Crippen molar-refractivity contribution < 1.29 is 19.1 Å². The molecule has 0 spiro atoms. The number of amides is 3. The quantitative estimate of drug-likeness (QED) is 0.0629. The van der Waals surface area contributed by atoms with Crippen molar-refractivity contribution >= 4 is 23.9 Å². The van der Waals surface area contributed by atoms with Crippen LogP contribution in [0.2, 0.25) is 0 Å². The molecule has 11 nitrogen and oxygen atoms in total. The normalized spacial score (nSPS) is 13.4. The molecule has 11 heteroatoms. The molecule has 0 fully saturated rings. The van der Waals surface area contributed by atoms with E-state index in [9.17, 15) is 14.4 Å². The molecule has 0 aromatic heterocycles. The van der Waals surface area contributed by atoms with Gasteiger partial charge in [0, 0.05) is 37.8 Å². The third kappa shape index (κ3) is 11.4. The lowest BCUT2D eigenvalue weighted by Crippen LogP contribution is -2.52. The van der Waals surface area contributed by atoms with Crippen LogP contribution in [0.25, 0.3) is 0 Å². The van der Waals surface area contributed by atoms with Crippen molar-refractivity contribution in [1.29, 1.82) is 0 Å². The number of rotatable bonds is 18. The molecule has 0 saturated heterocycles. The molecule has 0 aliphatic heterocycles. The summed E-state index contributed by atoms with van der Waals surface area (Å²) in [5, 5.41) is 5.89. The summed E-state index contributed by atoms with van der Waals surface area (Å²) in [6.07, 6.45) is 3.29. The zero-order valence-corrected chi connectivity index (χ0v) is 30.8. The van der Waals surface area contributed by atoms with Crippen LogP contribution in [0.15, 0.2) is 108 Å². The van der Waals surface area contributed by atoms with Gasteiger partial charge in [0.25, 0.3) is 5.91 Å². The molecule has 0 bridgehead atoms. The average Bonchev–Trinajstić information content (AvgIpc) is 3.14. The standard InChI is InChI=1S/C40H55N7O4/c1-7-33(44-37(49)34(25-18-26-43-38(41)42)45-36(48)30-19-12-9-13-20-30)28-47(6)39(50)51-35(8-2)40(27-29(3)46(4)5,31-21-14-10-15-22-31)32-23-16-11-17-24-32/h8-17,19-24,29,33-34H,7,18,25-28H2,1-6H3,(H,44,49)(H,45,48)(H4,41,42,43)/b35-8-/t29-,33?,34+/m1/s1. The first-order valence-electron chi connectivity index (χ1n) is 17.5. The van der Waals surface area contributed by atoms with E-state index in [4.69, 9.17) is 16.2 Å². The second-order valence-corrected chi connectivity index (χ2v) is 13.0. The summed E-state index contributed by atoms with van der Waals surface area (Å²) in [4.78, 5) is 48.2. The summed E-state index contributed by atoms with van der Waals surface area (Å²) < 4.78 is 6.33. The minimum Gasteiger partial charge on any atom is -0.414 e. The molecule has 0 aliphatic rings. The van der Waals surface area contributed by atoms with Crippen molar-refractivity contribution in [3.63, 3.8) is 0 Å². The highest BCUT2D eigenvalue weighted by Crippen LogP contribution is 2.44. The Morgan fingerprint density at radius 3 is 1.92 bits per heavy atom. The molecule has 1 unspecified atom stereocenters. The smallest absolute Gasteiger partial charge is 0.414 e. The Kier molecular flexibility index (Phi) is 15.7. The van der Waals surface area contributed by atoms with Crippen molar-refractivity contribution in [3.05, 3.63) is 120 Å². The summed E-state index contributed by atoms with van der Waals surface area (Å²) in [5.41, 5.74) is 12.6. The molecule has 0 aliphatic carbocycles. The van der Waals surface area contributed by atoms with Gasteiger partial charge in [-0.15, -0.1) is 0 Å². The molecule has 3 amide bonds. The fourth-order valence-corrected chi connectivity index (χ4v) is 6.01. The number of nitrogens with one attached hydrogen (secondary N) is 2. The maximum atomic E-state index is 13.9. The number of allylic oxidation sites excluding steroid dienone is 2. The number of likely N-dealkylation sites (N-methyl/N-ethyl adjacent to an activating group) is 1. The lowest BCUT2D eigenvalue weighted by atomic mass is 9.68. The largest absolute Gasteiger partial charge is 0.414 e. The van der Waals surface area contributed by atoms with Crippen molar-refractivity contribution in [2.24, 2.45) is 16.5 Å². The summed E-state index contributed by atoms with van der Waals surface area (Å²) >= 11 is 0. The van der Waals surface area contributed by atoms with Gasteiger partial charge in [-0.05, 0) is 83.0 Å². The highest BCUT2D eigenvalue weighted by Gasteiger charge is 2.42. The fraction of sp³-hybridized carbons (Fsp3) is 0.400. The van der Waals surface area contributed by atoms with Crippen molar-refractivity contribution in [1.82, 2.24) is 20.4 Å². The Morgan fingerprint density at radius 2 is 1.43 bits per heavy atom. The highest BCUT2D eigenvalue weighted by molar-refractivity contribution is 5.97. The van der Waals surface area contributed by atoms with E-state index in [2.05, 4.69) is 51.7 Å². The number of ether oxygens (including phenoxy) is 1. The number of hydrogen-bond acceptors (Lipinski definition) is 6. The van der Waals surface area contributed by atoms with Gasteiger partial charge in [0.2, 0.25) is 5.91 Å². The summed E-state index contributed by atoms with van der Waals surface area (Å²) in [7, 11) is 5.74. The Labute approximate surface area is 303 Å². The van der Waals surface area contributed by atoms with Crippen molar-refractivity contribution in [2.45, 2.75) is 70.0 Å². The SMILES string of the molecule is C/C=C(\OC(=O)N(C)CC(CC)NC(=O)[C@H](CCCN=C(N)N)NC(=O)c1ccccc1)C(C[C@@H](C)N(C)C)(c1ccccc1)c1ccccc1. The van der Waals surface area contributed by atoms with Crippen LogP contribution in [0.1, 0.15) is 67.9 Å².